The molecule has 7 heteroatoms. The monoisotopic (exact) mass is 171 g/mol. The molecule has 5 N–H and O–H groups in total. The number of hydrogen-bond acceptors (Lipinski definition) is 5. The summed E-state index contributed by atoms with van der Waals surface area (Å²) in [7, 11) is 0. The normalized spacial score (nSPS) is 12.8. The molecule has 66 valence electrons. The van der Waals surface area contributed by atoms with Gasteiger partial charge in [0.05, 0.1) is 12.7 Å². The van der Waals surface area contributed by atoms with Crippen LogP contribution in [0.2, 0.25) is 0 Å². The Morgan fingerprint density at radius 3 is 2.92 bits per heavy atom. The van der Waals surface area contributed by atoms with Crippen LogP contribution in [0.15, 0.2) is 6.20 Å². The fraction of sp³-hybridized carbons (Fsp3) is 0.400. The van der Waals surface area contributed by atoms with E-state index >= 15 is 0 Å². The van der Waals surface area contributed by atoms with Gasteiger partial charge < -0.3 is 16.6 Å². The van der Waals surface area contributed by atoms with Crippen molar-refractivity contribution >= 4 is 11.8 Å². The average molecular weight is 171 g/mol. The van der Waals surface area contributed by atoms with Crippen LogP contribution in [0.1, 0.15) is 0 Å². The van der Waals surface area contributed by atoms with Crippen molar-refractivity contribution in [2.45, 2.75) is 12.6 Å². The molecule has 7 nitrogen and oxygen atoms in total. The molecule has 0 spiro atoms. The zero-order valence-electron chi connectivity index (χ0n) is 6.21. The van der Waals surface area contributed by atoms with E-state index in [0.29, 0.717) is 0 Å². The Hall–Kier alpha value is -1.63. The van der Waals surface area contributed by atoms with Gasteiger partial charge in [-0.1, -0.05) is 0 Å². The van der Waals surface area contributed by atoms with Gasteiger partial charge in [-0.05, 0) is 0 Å². The Balaban J connectivity index is 2.58. The Morgan fingerprint density at radius 2 is 2.50 bits per heavy atom. The Labute approximate surface area is 68.0 Å². The molecule has 1 unspecified atom stereocenters. The number of carbonyl (C=O) groups is 1. The highest BCUT2D eigenvalue weighted by atomic mass is 16.4. The number of rotatable bonds is 3. The van der Waals surface area contributed by atoms with Crippen LogP contribution in [-0.4, -0.2) is 32.1 Å². The van der Waals surface area contributed by atoms with Crippen molar-refractivity contribution in [2.24, 2.45) is 5.73 Å². The van der Waals surface area contributed by atoms with E-state index in [-0.39, 0.29) is 12.4 Å². The van der Waals surface area contributed by atoms with E-state index in [4.69, 9.17) is 16.6 Å². The molecular weight excluding hydrogens is 162 g/mol. The molecule has 0 aliphatic rings. The van der Waals surface area contributed by atoms with Crippen molar-refractivity contribution in [1.82, 2.24) is 15.0 Å². The summed E-state index contributed by atoms with van der Waals surface area (Å²) in [5.74, 6) is -0.849. The first-order valence-corrected chi connectivity index (χ1v) is 3.23. The highest BCUT2D eigenvalue weighted by Crippen LogP contribution is 1.92. The van der Waals surface area contributed by atoms with Crippen molar-refractivity contribution in [3.8, 4) is 0 Å². The van der Waals surface area contributed by atoms with E-state index < -0.39 is 12.0 Å². The number of aliphatic carboxylic acids is 1. The Morgan fingerprint density at radius 1 is 1.83 bits per heavy atom. The summed E-state index contributed by atoms with van der Waals surface area (Å²) in [6, 6.07) is -1.00. The first-order chi connectivity index (χ1) is 5.59. The predicted molar refractivity (Wildman–Crippen MR) is 40.0 cm³/mol. The second-order valence-electron chi connectivity index (χ2n) is 2.27. The van der Waals surface area contributed by atoms with E-state index in [9.17, 15) is 4.79 Å². The average Bonchev–Trinajstić information content (AvgIpc) is 2.35. The van der Waals surface area contributed by atoms with E-state index in [1.165, 1.54) is 6.20 Å². The maximum absolute atomic E-state index is 10.3. The maximum atomic E-state index is 10.3. The van der Waals surface area contributed by atoms with Crippen LogP contribution in [-0.2, 0) is 11.3 Å². The molecule has 0 fully saturated rings. The van der Waals surface area contributed by atoms with Crippen molar-refractivity contribution in [2.75, 3.05) is 5.73 Å². The van der Waals surface area contributed by atoms with Crippen molar-refractivity contribution < 1.29 is 9.90 Å². The number of nitrogen functional groups attached to an aromatic ring is 1. The maximum Gasteiger partial charge on any atom is 0.322 e. The number of aromatic nitrogens is 3. The highest BCUT2D eigenvalue weighted by molar-refractivity contribution is 5.72. The van der Waals surface area contributed by atoms with Gasteiger partial charge in [0.1, 0.15) is 6.04 Å². The topological polar surface area (TPSA) is 120 Å². The van der Waals surface area contributed by atoms with Crippen molar-refractivity contribution in [3.05, 3.63) is 6.20 Å². The van der Waals surface area contributed by atoms with Crippen molar-refractivity contribution in [3.63, 3.8) is 0 Å². The largest absolute Gasteiger partial charge is 0.480 e. The van der Waals surface area contributed by atoms with Gasteiger partial charge in [-0.3, -0.25) is 4.79 Å². The second-order valence-corrected chi connectivity index (χ2v) is 2.27. The van der Waals surface area contributed by atoms with E-state index in [0.717, 1.165) is 4.80 Å². The summed E-state index contributed by atoms with van der Waals surface area (Å²) in [6.07, 6.45) is 1.33. The first-order valence-electron chi connectivity index (χ1n) is 3.23. The van der Waals surface area contributed by atoms with Crippen LogP contribution in [0.5, 0.6) is 0 Å². The summed E-state index contributed by atoms with van der Waals surface area (Å²) >= 11 is 0. The van der Waals surface area contributed by atoms with Gasteiger partial charge in [0.2, 0.25) is 0 Å². The lowest BCUT2D eigenvalue weighted by atomic mass is 10.3. The van der Waals surface area contributed by atoms with Gasteiger partial charge in [0, 0.05) is 0 Å². The molecule has 0 aliphatic carbocycles. The molecule has 1 atom stereocenters. The van der Waals surface area contributed by atoms with Crippen molar-refractivity contribution in [1.29, 1.82) is 0 Å². The van der Waals surface area contributed by atoms with E-state index in [1.54, 1.807) is 0 Å². The van der Waals surface area contributed by atoms with Crippen LogP contribution in [0.25, 0.3) is 0 Å². The molecule has 0 amide bonds. The number of carboxylic acid groups (broad SMARTS) is 1. The lowest BCUT2D eigenvalue weighted by molar-refractivity contribution is -0.138. The quantitative estimate of drug-likeness (QED) is 0.497. The Bertz CT molecular complexity index is 283. The van der Waals surface area contributed by atoms with Gasteiger partial charge in [-0.25, -0.2) is 0 Å². The fourth-order valence-corrected chi connectivity index (χ4v) is 0.653. The van der Waals surface area contributed by atoms with Crippen LogP contribution in [0, 0.1) is 0 Å². The highest BCUT2D eigenvalue weighted by Gasteiger charge is 2.12. The van der Waals surface area contributed by atoms with Gasteiger partial charge in [-0.2, -0.15) is 9.90 Å². The molecule has 12 heavy (non-hydrogen) atoms. The van der Waals surface area contributed by atoms with Crippen LogP contribution in [0.4, 0.5) is 5.82 Å². The van der Waals surface area contributed by atoms with Crippen LogP contribution < -0.4 is 11.5 Å². The van der Waals surface area contributed by atoms with E-state index in [1.807, 2.05) is 0 Å². The molecular formula is C5H9N5O2. The zero-order chi connectivity index (χ0) is 9.14. The predicted octanol–water partition coefficient (Wildman–Crippen LogP) is -1.73. The molecule has 0 saturated heterocycles. The number of carboxylic acids is 1. The minimum Gasteiger partial charge on any atom is -0.480 e. The molecule has 1 heterocycles. The molecule has 0 radical (unpaired) electrons. The standard InChI is InChI=1S/C5H9N5O2/c6-3(5(11)12)2-10-8-1-4(7)9-10/h1,3H,2,6H2,(H2,7,9)(H,11,12). The summed E-state index contributed by atoms with van der Waals surface area (Å²) in [5.41, 5.74) is 10.5. The molecule has 0 aromatic carbocycles. The SMILES string of the molecule is Nc1cnn(CC(N)C(=O)O)n1. The summed E-state index contributed by atoms with van der Waals surface area (Å²) in [4.78, 5) is 11.4. The summed E-state index contributed by atoms with van der Waals surface area (Å²) in [5, 5.41) is 15.8. The fourth-order valence-electron chi connectivity index (χ4n) is 0.653. The van der Waals surface area contributed by atoms with Gasteiger partial charge >= 0.3 is 5.97 Å². The van der Waals surface area contributed by atoms with Gasteiger partial charge in [-0.15, -0.1) is 5.10 Å². The third kappa shape index (κ3) is 1.92. The van der Waals surface area contributed by atoms with Gasteiger partial charge in [0.25, 0.3) is 0 Å². The second kappa shape index (κ2) is 3.18. The molecule has 0 bridgehead atoms. The molecule has 0 saturated carbocycles. The number of hydrogen-bond donors (Lipinski definition) is 3. The van der Waals surface area contributed by atoms with Crippen LogP contribution in [0.3, 0.4) is 0 Å². The first kappa shape index (κ1) is 8.47. The van der Waals surface area contributed by atoms with Crippen LogP contribution >= 0.6 is 0 Å². The minimum atomic E-state index is -1.09. The Kier molecular flexibility index (Phi) is 2.24. The lowest BCUT2D eigenvalue weighted by Gasteiger charge is -2.03. The smallest absolute Gasteiger partial charge is 0.322 e. The number of anilines is 1. The molecule has 1 aromatic heterocycles. The molecule has 0 aliphatic heterocycles. The number of nitrogens with two attached hydrogens (primary N) is 2. The van der Waals surface area contributed by atoms with Gasteiger partial charge in [0.15, 0.2) is 5.82 Å². The molecule has 1 aromatic rings. The molecule has 1 rings (SSSR count). The summed E-state index contributed by atoms with van der Waals surface area (Å²) < 4.78 is 0. The number of nitrogens with zero attached hydrogens (tertiary/aromatic N) is 3. The zero-order valence-corrected chi connectivity index (χ0v) is 6.21. The summed E-state index contributed by atoms with van der Waals surface area (Å²) in [6.45, 7) is 0.0204. The third-order valence-electron chi connectivity index (χ3n) is 1.23. The lowest BCUT2D eigenvalue weighted by Crippen LogP contribution is -2.35. The minimum absolute atomic E-state index is 0.0204. The van der Waals surface area contributed by atoms with E-state index in [2.05, 4.69) is 10.2 Å². The third-order valence-corrected chi connectivity index (χ3v) is 1.23.